The highest BCUT2D eigenvalue weighted by molar-refractivity contribution is 7.80. The predicted octanol–water partition coefficient (Wildman–Crippen LogP) is 5.01. The Hall–Kier alpha value is -3.39. The number of nitrogens with zero attached hydrogens (tertiary/aromatic N) is 3. The monoisotopic (exact) mass is 489 g/mol. The van der Waals surface area contributed by atoms with Crippen molar-refractivity contribution >= 4 is 28.9 Å². The topological polar surface area (TPSA) is 71.4 Å². The minimum Gasteiger partial charge on any atom is -0.495 e. The average Bonchev–Trinajstić information content (AvgIpc) is 3.64. The zero-order chi connectivity index (χ0) is 24.2. The fraction of sp³-hybridized carbons (Fsp3) is 0.370. The molecule has 1 saturated heterocycles. The first-order valence-electron chi connectivity index (χ1n) is 12.2. The van der Waals surface area contributed by atoms with Crippen LogP contribution in [0.2, 0.25) is 0 Å². The molecule has 2 atom stereocenters. The van der Waals surface area contributed by atoms with E-state index in [9.17, 15) is 4.79 Å². The summed E-state index contributed by atoms with van der Waals surface area (Å²) in [4.78, 5) is 19.6. The first-order chi connectivity index (χ1) is 17.1. The molecule has 3 heterocycles. The lowest BCUT2D eigenvalue weighted by atomic mass is 9.99. The molecule has 1 aliphatic carbocycles. The highest BCUT2D eigenvalue weighted by Crippen LogP contribution is 2.40. The molecule has 182 valence electrons. The van der Waals surface area contributed by atoms with E-state index in [4.69, 9.17) is 17.0 Å². The van der Waals surface area contributed by atoms with Gasteiger partial charge in [-0.1, -0.05) is 31.0 Å². The van der Waals surface area contributed by atoms with Gasteiger partial charge in [0.25, 0.3) is 0 Å². The third-order valence-electron chi connectivity index (χ3n) is 6.98. The Bertz CT molecular complexity index is 1180. The number of hydrogen-bond acceptors (Lipinski definition) is 4. The number of methoxy groups -OCH3 is 1. The third kappa shape index (κ3) is 5.03. The molecular formula is C27H31N5O2S. The molecule has 5 rings (SSSR count). The van der Waals surface area contributed by atoms with E-state index < -0.39 is 0 Å². The Morgan fingerprint density at radius 3 is 2.74 bits per heavy atom. The Kier molecular flexibility index (Phi) is 6.99. The van der Waals surface area contributed by atoms with E-state index in [0.29, 0.717) is 35.6 Å². The van der Waals surface area contributed by atoms with Crippen molar-refractivity contribution < 1.29 is 9.53 Å². The number of ether oxygens (including phenoxy) is 1. The van der Waals surface area contributed by atoms with Crippen molar-refractivity contribution in [3.05, 3.63) is 78.4 Å². The summed E-state index contributed by atoms with van der Waals surface area (Å²) in [5.74, 6) is 0.557. The van der Waals surface area contributed by atoms with Crippen LogP contribution in [0.3, 0.4) is 0 Å². The molecule has 0 bridgehead atoms. The van der Waals surface area contributed by atoms with Crippen molar-refractivity contribution in [2.75, 3.05) is 19.0 Å². The van der Waals surface area contributed by atoms with Gasteiger partial charge in [-0.05, 0) is 61.0 Å². The number of pyridine rings is 1. The van der Waals surface area contributed by atoms with E-state index in [1.54, 1.807) is 7.11 Å². The zero-order valence-corrected chi connectivity index (χ0v) is 20.7. The van der Waals surface area contributed by atoms with Crippen LogP contribution < -0.4 is 15.4 Å². The van der Waals surface area contributed by atoms with Gasteiger partial charge in [0.05, 0.1) is 30.6 Å². The second kappa shape index (κ2) is 10.5. The molecule has 1 aromatic carbocycles. The van der Waals surface area contributed by atoms with E-state index in [0.717, 1.165) is 5.69 Å². The van der Waals surface area contributed by atoms with Crippen LogP contribution in [0.15, 0.2) is 67.1 Å². The fourth-order valence-electron chi connectivity index (χ4n) is 5.23. The number of nitrogens with one attached hydrogen (secondary N) is 2. The number of rotatable bonds is 8. The summed E-state index contributed by atoms with van der Waals surface area (Å²) < 4.78 is 7.71. The number of para-hydroxylation sites is 2. The maximum atomic E-state index is 12.8. The van der Waals surface area contributed by atoms with Crippen molar-refractivity contribution in [3.8, 4) is 5.75 Å². The van der Waals surface area contributed by atoms with Crippen LogP contribution in [-0.2, 0) is 4.79 Å². The Labute approximate surface area is 211 Å². The normalized spacial score (nSPS) is 20.1. The van der Waals surface area contributed by atoms with Gasteiger partial charge in [-0.3, -0.25) is 9.78 Å². The predicted molar refractivity (Wildman–Crippen MR) is 140 cm³/mol. The van der Waals surface area contributed by atoms with Crippen LogP contribution in [0.4, 0.5) is 5.69 Å². The van der Waals surface area contributed by atoms with Crippen LogP contribution >= 0.6 is 12.2 Å². The molecule has 2 N–H and O–H groups in total. The summed E-state index contributed by atoms with van der Waals surface area (Å²) in [5.41, 5.74) is 2.79. The van der Waals surface area contributed by atoms with Gasteiger partial charge in [-0.25, -0.2) is 0 Å². The van der Waals surface area contributed by atoms with Crippen LogP contribution in [0, 0.1) is 0 Å². The van der Waals surface area contributed by atoms with Crippen molar-refractivity contribution in [1.29, 1.82) is 0 Å². The van der Waals surface area contributed by atoms with Crippen molar-refractivity contribution in [1.82, 2.24) is 19.8 Å². The Morgan fingerprint density at radius 1 is 1.17 bits per heavy atom. The molecule has 2 aromatic heterocycles. The second-order valence-electron chi connectivity index (χ2n) is 9.15. The number of aromatic nitrogens is 2. The molecule has 2 aliphatic rings. The molecule has 35 heavy (non-hydrogen) atoms. The molecule has 2 unspecified atom stereocenters. The lowest BCUT2D eigenvalue weighted by molar-refractivity contribution is -0.116. The molecule has 7 nitrogen and oxygen atoms in total. The lowest BCUT2D eigenvalue weighted by Gasteiger charge is -2.27. The molecule has 0 radical (unpaired) electrons. The van der Waals surface area contributed by atoms with Crippen LogP contribution in [0.5, 0.6) is 5.75 Å². The maximum absolute atomic E-state index is 12.8. The van der Waals surface area contributed by atoms with Crippen molar-refractivity contribution in [2.24, 2.45) is 0 Å². The summed E-state index contributed by atoms with van der Waals surface area (Å²) in [6.45, 7) is 0.495. The van der Waals surface area contributed by atoms with Gasteiger partial charge >= 0.3 is 0 Å². The van der Waals surface area contributed by atoms with Gasteiger partial charge in [-0.15, -0.1) is 0 Å². The summed E-state index contributed by atoms with van der Waals surface area (Å²) in [6, 6.07) is 16.0. The number of hydrogen-bond donors (Lipinski definition) is 2. The number of carbonyl (C=O) groups is 1. The van der Waals surface area contributed by atoms with E-state index >= 15 is 0 Å². The van der Waals surface area contributed by atoms with E-state index in [1.807, 2.05) is 48.7 Å². The largest absolute Gasteiger partial charge is 0.495 e. The van der Waals surface area contributed by atoms with Gasteiger partial charge in [0, 0.05) is 37.6 Å². The molecule has 1 saturated carbocycles. The second-order valence-corrected chi connectivity index (χ2v) is 9.54. The van der Waals surface area contributed by atoms with Gasteiger partial charge in [0.15, 0.2) is 5.11 Å². The number of carbonyl (C=O) groups excluding carboxylic acids is 1. The highest BCUT2D eigenvalue weighted by Gasteiger charge is 2.40. The van der Waals surface area contributed by atoms with Gasteiger partial charge in [0.1, 0.15) is 5.75 Å². The number of benzene rings is 1. The summed E-state index contributed by atoms with van der Waals surface area (Å²) in [5, 5.41) is 7.08. The molecular weight excluding hydrogens is 458 g/mol. The Balaban J connectivity index is 1.36. The first-order valence-corrected chi connectivity index (χ1v) is 12.6. The highest BCUT2D eigenvalue weighted by atomic mass is 32.1. The van der Waals surface area contributed by atoms with Gasteiger partial charge < -0.3 is 24.8 Å². The van der Waals surface area contributed by atoms with Crippen LogP contribution in [0.25, 0.3) is 0 Å². The maximum Gasteiger partial charge on any atom is 0.226 e. The minimum absolute atomic E-state index is 0.0425. The van der Waals surface area contributed by atoms with Crippen LogP contribution in [-0.4, -0.2) is 39.1 Å². The lowest BCUT2D eigenvalue weighted by Crippen LogP contribution is -2.32. The quantitative estimate of drug-likeness (QED) is 0.434. The van der Waals surface area contributed by atoms with E-state index in [2.05, 4.69) is 43.5 Å². The van der Waals surface area contributed by atoms with Crippen molar-refractivity contribution in [2.45, 2.75) is 50.2 Å². The molecule has 3 aromatic rings. The standard InChI is InChI=1S/C27H31N5O2S/c1-34-23-12-5-4-10-21(23)29-24(33)14-17-32-26(19-13-16-31(18-19)20-8-2-3-9-20)25(30-27(32)35)22-11-6-7-15-28-22/h4-7,10-13,15-16,18,20,25-26H,2-3,8-9,14,17H2,1H3,(H,29,33)(H,30,35). The average molecular weight is 490 g/mol. The zero-order valence-electron chi connectivity index (χ0n) is 19.9. The number of anilines is 1. The molecule has 0 spiro atoms. The number of thiocarbonyl (C=S) groups is 1. The van der Waals surface area contributed by atoms with Crippen LogP contribution in [0.1, 0.15) is 61.5 Å². The van der Waals surface area contributed by atoms with Gasteiger partial charge in [-0.2, -0.15) is 0 Å². The molecule has 8 heteroatoms. The SMILES string of the molecule is COc1ccccc1NC(=O)CCN1C(=S)NC(c2ccccn2)C1c1ccn(C2CCCC2)c1. The van der Waals surface area contributed by atoms with E-state index in [1.165, 1.54) is 31.2 Å². The summed E-state index contributed by atoms with van der Waals surface area (Å²) in [6.07, 6.45) is 11.6. The molecule has 1 amide bonds. The summed E-state index contributed by atoms with van der Waals surface area (Å²) in [7, 11) is 1.60. The first kappa shape index (κ1) is 23.4. The molecule has 1 aliphatic heterocycles. The van der Waals surface area contributed by atoms with Gasteiger partial charge in [0.2, 0.25) is 5.91 Å². The number of amides is 1. The fourth-order valence-corrected chi connectivity index (χ4v) is 5.56. The molecule has 2 fully saturated rings. The minimum atomic E-state index is -0.0830. The smallest absolute Gasteiger partial charge is 0.226 e. The summed E-state index contributed by atoms with van der Waals surface area (Å²) >= 11 is 5.76. The third-order valence-corrected chi connectivity index (χ3v) is 7.34. The van der Waals surface area contributed by atoms with E-state index in [-0.39, 0.29) is 18.0 Å². The Morgan fingerprint density at radius 2 is 1.97 bits per heavy atom. The van der Waals surface area contributed by atoms with Crippen molar-refractivity contribution in [3.63, 3.8) is 0 Å².